The van der Waals surface area contributed by atoms with Crippen LogP contribution < -0.4 is 10.1 Å². The molecule has 0 bridgehead atoms. The molecule has 0 fully saturated rings. The Labute approximate surface area is 94.6 Å². The van der Waals surface area contributed by atoms with Gasteiger partial charge in [-0.25, -0.2) is 0 Å². The number of phenols is 1. The Kier molecular flexibility index (Phi) is 4.39. The fraction of sp³-hybridized carbons (Fsp3) is 0.250. The third-order valence-corrected chi connectivity index (χ3v) is 1.98. The molecule has 4 nitrogen and oxygen atoms in total. The van der Waals surface area contributed by atoms with Crippen molar-refractivity contribution in [1.29, 1.82) is 0 Å². The highest BCUT2D eigenvalue weighted by molar-refractivity contribution is 5.73. The lowest BCUT2D eigenvalue weighted by molar-refractivity contribution is -0.118. The molecule has 0 aliphatic rings. The number of carbonyl (C=O) groups is 1. The quantitative estimate of drug-likeness (QED) is 0.811. The van der Waals surface area contributed by atoms with Crippen molar-refractivity contribution >= 4 is 12.0 Å². The molecule has 0 saturated heterocycles. The highest BCUT2D eigenvalue weighted by Gasteiger charge is 1.99. The zero-order valence-electron chi connectivity index (χ0n) is 9.36. The zero-order chi connectivity index (χ0) is 12.0. The first kappa shape index (κ1) is 12.1. The van der Waals surface area contributed by atoms with Gasteiger partial charge in [0.2, 0.25) is 5.91 Å². The topological polar surface area (TPSA) is 58.6 Å². The molecule has 4 heteroatoms. The highest BCUT2D eigenvalue weighted by atomic mass is 16.5. The van der Waals surface area contributed by atoms with Crippen LogP contribution in [-0.4, -0.2) is 24.7 Å². The van der Waals surface area contributed by atoms with Crippen LogP contribution in [0.15, 0.2) is 24.3 Å². The van der Waals surface area contributed by atoms with E-state index in [2.05, 4.69) is 5.32 Å². The summed E-state index contributed by atoms with van der Waals surface area (Å²) in [5.74, 6) is 0.483. The van der Waals surface area contributed by atoms with Crippen molar-refractivity contribution in [3.63, 3.8) is 0 Å². The van der Waals surface area contributed by atoms with Gasteiger partial charge >= 0.3 is 0 Å². The number of hydrogen-bond acceptors (Lipinski definition) is 3. The molecule has 0 aromatic heterocycles. The van der Waals surface area contributed by atoms with Gasteiger partial charge in [-0.2, -0.15) is 0 Å². The van der Waals surface area contributed by atoms with Gasteiger partial charge in [-0.1, -0.05) is 18.2 Å². The minimum Gasteiger partial charge on any atom is -0.504 e. The van der Waals surface area contributed by atoms with E-state index in [9.17, 15) is 9.90 Å². The van der Waals surface area contributed by atoms with E-state index in [1.54, 1.807) is 18.2 Å². The summed E-state index contributed by atoms with van der Waals surface area (Å²) in [4.78, 5) is 10.6. The Morgan fingerprint density at radius 1 is 1.56 bits per heavy atom. The molecule has 0 heterocycles. The normalized spacial score (nSPS) is 10.4. The second-order valence-corrected chi connectivity index (χ2v) is 3.27. The van der Waals surface area contributed by atoms with Crippen LogP contribution in [0.4, 0.5) is 0 Å². The Balaban J connectivity index is 2.63. The lowest BCUT2D eigenvalue weighted by Gasteiger charge is -2.03. The van der Waals surface area contributed by atoms with Gasteiger partial charge in [0.25, 0.3) is 0 Å². The summed E-state index contributed by atoms with van der Waals surface area (Å²) in [6, 6.07) is 5.05. The van der Waals surface area contributed by atoms with Crippen molar-refractivity contribution < 1.29 is 14.6 Å². The fourth-order valence-corrected chi connectivity index (χ4v) is 1.20. The largest absolute Gasteiger partial charge is 0.504 e. The maximum Gasteiger partial charge on any atom is 0.217 e. The molecule has 0 radical (unpaired) electrons. The molecule has 1 aromatic rings. The molecular weight excluding hydrogens is 206 g/mol. The fourth-order valence-electron chi connectivity index (χ4n) is 1.20. The summed E-state index contributed by atoms with van der Waals surface area (Å²) in [5, 5.41) is 12.0. The number of carbonyl (C=O) groups excluding carboxylic acids is 1. The smallest absolute Gasteiger partial charge is 0.217 e. The molecule has 2 N–H and O–H groups in total. The van der Waals surface area contributed by atoms with Crippen LogP contribution in [0.1, 0.15) is 12.5 Å². The Hall–Kier alpha value is -1.97. The standard InChI is InChI=1S/C12H15NO3/c1-9(14)13-7-3-4-10-5-6-11(15)12(8-10)16-2/h3-6,8,15H,7H2,1-2H3,(H,13,14). The molecule has 0 aliphatic carbocycles. The number of nitrogens with one attached hydrogen (secondary N) is 1. The number of methoxy groups -OCH3 is 1. The predicted molar refractivity (Wildman–Crippen MR) is 62.4 cm³/mol. The Morgan fingerprint density at radius 2 is 2.31 bits per heavy atom. The summed E-state index contributed by atoms with van der Waals surface area (Å²) >= 11 is 0. The summed E-state index contributed by atoms with van der Waals surface area (Å²) in [5.41, 5.74) is 0.903. The lowest BCUT2D eigenvalue weighted by Crippen LogP contribution is -2.19. The van der Waals surface area contributed by atoms with E-state index in [4.69, 9.17) is 4.74 Å². The SMILES string of the molecule is COc1cc(C=CCNC(C)=O)ccc1O. The van der Waals surface area contributed by atoms with Crippen LogP contribution in [-0.2, 0) is 4.79 Å². The van der Waals surface area contributed by atoms with Gasteiger partial charge in [-0.15, -0.1) is 0 Å². The van der Waals surface area contributed by atoms with Crippen LogP contribution in [0.2, 0.25) is 0 Å². The average molecular weight is 221 g/mol. The van der Waals surface area contributed by atoms with Crippen LogP contribution >= 0.6 is 0 Å². The van der Waals surface area contributed by atoms with Gasteiger partial charge in [0.05, 0.1) is 7.11 Å². The number of rotatable bonds is 4. The van der Waals surface area contributed by atoms with Crippen molar-refractivity contribution in [3.8, 4) is 11.5 Å². The van der Waals surface area contributed by atoms with E-state index in [1.807, 2.05) is 12.2 Å². The maximum absolute atomic E-state index is 10.6. The maximum atomic E-state index is 10.6. The van der Waals surface area contributed by atoms with Crippen molar-refractivity contribution in [1.82, 2.24) is 5.32 Å². The van der Waals surface area contributed by atoms with E-state index in [0.717, 1.165) is 5.56 Å². The van der Waals surface area contributed by atoms with Crippen LogP contribution in [0.3, 0.4) is 0 Å². The summed E-state index contributed by atoms with van der Waals surface area (Å²) in [6.07, 6.45) is 3.67. The molecule has 86 valence electrons. The van der Waals surface area contributed by atoms with Crippen LogP contribution in [0, 0.1) is 0 Å². The van der Waals surface area contributed by atoms with Crippen molar-refractivity contribution in [2.45, 2.75) is 6.92 Å². The van der Waals surface area contributed by atoms with Gasteiger partial charge in [0, 0.05) is 13.5 Å². The summed E-state index contributed by atoms with van der Waals surface area (Å²) in [6.45, 7) is 1.95. The summed E-state index contributed by atoms with van der Waals surface area (Å²) in [7, 11) is 1.50. The first-order chi connectivity index (χ1) is 7.63. The molecular formula is C12H15NO3. The van der Waals surface area contributed by atoms with Crippen molar-refractivity contribution in [2.24, 2.45) is 0 Å². The third-order valence-electron chi connectivity index (χ3n) is 1.98. The van der Waals surface area contributed by atoms with Crippen LogP contribution in [0.5, 0.6) is 11.5 Å². The lowest BCUT2D eigenvalue weighted by atomic mass is 10.2. The van der Waals surface area contributed by atoms with Crippen molar-refractivity contribution in [2.75, 3.05) is 13.7 Å². The number of benzene rings is 1. The molecule has 1 rings (SSSR count). The number of amides is 1. The van der Waals surface area contributed by atoms with Gasteiger partial charge in [-0.3, -0.25) is 4.79 Å². The third kappa shape index (κ3) is 3.65. The van der Waals surface area contributed by atoms with Gasteiger partial charge in [0.1, 0.15) is 0 Å². The van der Waals surface area contributed by atoms with E-state index < -0.39 is 0 Å². The first-order valence-electron chi connectivity index (χ1n) is 4.91. The van der Waals surface area contributed by atoms with Gasteiger partial charge in [0.15, 0.2) is 11.5 Å². The Bertz CT molecular complexity index is 399. The van der Waals surface area contributed by atoms with Crippen molar-refractivity contribution in [3.05, 3.63) is 29.8 Å². The minimum atomic E-state index is -0.0621. The average Bonchev–Trinajstić information content (AvgIpc) is 2.26. The Morgan fingerprint density at radius 3 is 2.94 bits per heavy atom. The molecule has 1 aromatic carbocycles. The number of aromatic hydroxyl groups is 1. The number of hydrogen-bond donors (Lipinski definition) is 2. The molecule has 1 amide bonds. The number of phenolic OH excluding ortho intramolecular Hbond substituents is 1. The molecule has 0 atom stereocenters. The van der Waals surface area contributed by atoms with E-state index in [1.165, 1.54) is 14.0 Å². The highest BCUT2D eigenvalue weighted by Crippen LogP contribution is 2.26. The van der Waals surface area contributed by atoms with E-state index in [0.29, 0.717) is 12.3 Å². The van der Waals surface area contributed by atoms with Crippen LogP contribution in [0.25, 0.3) is 6.08 Å². The van der Waals surface area contributed by atoms with Gasteiger partial charge < -0.3 is 15.2 Å². The second kappa shape index (κ2) is 5.80. The number of ether oxygens (including phenoxy) is 1. The molecule has 16 heavy (non-hydrogen) atoms. The first-order valence-corrected chi connectivity index (χ1v) is 4.91. The molecule has 0 unspecified atom stereocenters. The molecule has 0 aliphatic heterocycles. The molecule has 0 spiro atoms. The monoisotopic (exact) mass is 221 g/mol. The zero-order valence-corrected chi connectivity index (χ0v) is 9.36. The second-order valence-electron chi connectivity index (χ2n) is 3.27. The van der Waals surface area contributed by atoms with E-state index in [-0.39, 0.29) is 11.7 Å². The minimum absolute atomic E-state index is 0.0621. The predicted octanol–water partition coefficient (Wildman–Crippen LogP) is 1.55. The van der Waals surface area contributed by atoms with Gasteiger partial charge in [-0.05, 0) is 17.7 Å². The molecule has 0 saturated carbocycles. The van der Waals surface area contributed by atoms with E-state index >= 15 is 0 Å². The summed E-state index contributed by atoms with van der Waals surface area (Å²) < 4.78 is 4.98.